The Morgan fingerprint density at radius 3 is 1.84 bits per heavy atom. The lowest BCUT2D eigenvalue weighted by molar-refractivity contribution is -0.118. The van der Waals surface area contributed by atoms with Crippen LogP contribution in [0.5, 0.6) is 5.75 Å². The number of carbonyl (C=O) groups excluding carboxylic acids is 3. The Hall–Kier alpha value is -3.35. The fourth-order valence-corrected chi connectivity index (χ4v) is 2.85. The topological polar surface area (TPSA) is 96.5 Å². The average molecular weight is 440 g/mol. The van der Waals surface area contributed by atoms with Crippen LogP contribution < -0.4 is 20.9 Å². The highest BCUT2D eigenvalue weighted by Gasteiger charge is 2.11. The number of anilines is 1. The lowest BCUT2D eigenvalue weighted by Gasteiger charge is -2.10. The van der Waals surface area contributed by atoms with Gasteiger partial charge in [-0.25, -0.2) is 0 Å². The van der Waals surface area contributed by atoms with Gasteiger partial charge in [-0.15, -0.1) is 0 Å². The van der Waals surface area contributed by atoms with E-state index in [4.69, 9.17) is 4.74 Å². The molecule has 0 atom stereocenters. The van der Waals surface area contributed by atoms with E-state index in [1.165, 1.54) is 19.3 Å². The summed E-state index contributed by atoms with van der Waals surface area (Å²) in [6, 6.07) is 13.2. The highest BCUT2D eigenvalue weighted by molar-refractivity contribution is 5.99. The molecule has 0 aliphatic rings. The normalized spacial score (nSPS) is 10.5. The Bertz CT molecular complexity index is 877. The molecule has 0 unspecified atom stereocenters. The molecule has 0 radical (unpaired) electrons. The number of hydrogen-bond acceptors (Lipinski definition) is 4. The first-order valence-corrected chi connectivity index (χ1v) is 11.1. The second-order valence-corrected chi connectivity index (χ2v) is 7.92. The summed E-state index contributed by atoms with van der Waals surface area (Å²) in [5, 5.41) is 2.76. The van der Waals surface area contributed by atoms with Gasteiger partial charge in [-0.3, -0.25) is 25.2 Å². The first-order chi connectivity index (χ1) is 15.4. The maximum atomic E-state index is 12.3. The number of hydrogen-bond donors (Lipinski definition) is 3. The zero-order valence-electron chi connectivity index (χ0n) is 19.1. The SMILES string of the molecule is CCCCCCCOc1ccc(C(=O)NNC(=O)c2ccc(NC(=O)C(C)C)cc2)cc1. The number of nitrogens with one attached hydrogen (secondary N) is 3. The van der Waals surface area contributed by atoms with E-state index in [-0.39, 0.29) is 11.8 Å². The molecule has 0 aliphatic carbocycles. The molecule has 0 spiro atoms. The quantitative estimate of drug-likeness (QED) is 0.349. The molecule has 0 fully saturated rings. The predicted octanol–water partition coefficient (Wildman–Crippen LogP) is 4.71. The van der Waals surface area contributed by atoms with Crippen LogP contribution in [0.3, 0.4) is 0 Å². The van der Waals surface area contributed by atoms with Crippen molar-refractivity contribution in [2.45, 2.75) is 52.9 Å². The first-order valence-electron chi connectivity index (χ1n) is 11.1. The molecule has 32 heavy (non-hydrogen) atoms. The van der Waals surface area contributed by atoms with E-state index in [0.717, 1.165) is 12.8 Å². The Balaban J connectivity index is 1.76. The number of rotatable bonds is 11. The second kappa shape index (κ2) is 13.1. The van der Waals surface area contributed by atoms with E-state index in [0.29, 0.717) is 29.2 Å². The number of unbranched alkanes of at least 4 members (excludes halogenated alkanes) is 4. The molecule has 3 amide bonds. The van der Waals surface area contributed by atoms with Crippen LogP contribution in [-0.2, 0) is 4.79 Å². The van der Waals surface area contributed by atoms with Crippen LogP contribution in [0.15, 0.2) is 48.5 Å². The van der Waals surface area contributed by atoms with Gasteiger partial charge in [-0.05, 0) is 55.0 Å². The Morgan fingerprint density at radius 1 is 0.781 bits per heavy atom. The van der Waals surface area contributed by atoms with Crippen LogP contribution in [-0.4, -0.2) is 24.3 Å². The third-order valence-electron chi connectivity index (χ3n) is 4.86. The lowest BCUT2D eigenvalue weighted by atomic mass is 10.1. The van der Waals surface area contributed by atoms with Gasteiger partial charge >= 0.3 is 0 Å². The van der Waals surface area contributed by atoms with Gasteiger partial charge in [0, 0.05) is 22.7 Å². The van der Waals surface area contributed by atoms with Crippen molar-refractivity contribution in [3.8, 4) is 5.75 Å². The zero-order chi connectivity index (χ0) is 23.3. The fourth-order valence-electron chi connectivity index (χ4n) is 2.85. The maximum absolute atomic E-state index is 12.3. The largest absolute Gasteiger partial charge is 0.494 e. The first kappa shape index (κ1) is 24.9. The number of ether oxygens (including phenoxy) is 1. The van der Waals surface area contributed by atoms with E-state index in [1.807, 2.05) is 0 Å². The molecule has 0 saturated heterocycles. The van der Waals surface area contributed by atoms with E-state index in [9.17, 15) is 14.4 Å². The molecule has 2 rings (SSSR count). The van der Waals surface area contributed by atoms with Crippen molar-refractivity contribution >= 4 is 23.4 Å². The third kappa shape index (κ3) is 8.41. The van der Waals surface area contributed by atoms with Crippen molar-refractivity contribution in [3.05, 3.63) is 59.7 Å². The molecule has 3 N–H and O–H groups in total. The summed E-state index contributed by atoms with van der Waals surface area (Å²) < 4.78 is 5.70. The van der Waals surface area contributed by atoms with Crippen molar-refractivity contribution in [2.24, 2.45) is 5.92 Å². The smallest absolute Gasteiger partial charge is 0.269 e. The van der Waals surface area contributed by atoms with Gasteiger partial charge in [0.15, 0.2) is 0 Å². The Morgan fingerprint density at radius 2 is 1.31 bits per heavy atom. The molecular formula is C25H33N3O4. The van der Waals surface area contributed by atoms with Gasteiger partial charge < -0.3 is 10.1 Å². The van der Waals surface area contributed by atoms with Crippen LogP contribution in [0.25, 0.3) is 0 Å². The van der Waals surface area contributed by atoms with E-state index < -0.39 is 11.8 Å². The van der Waals surface area contributed by atoms with Crippen molar-refractivity contribution in [1.82, 2.24) is 10.9 Å². The summed E-state index contributed by atoms with van der Waals surface area (Å²) >= 11 is 0. The van der Waals surface area contributed by atoms with E-state index in [2.05, 4.69) is 23.1 Å². The summed E-state index contributed by atoms with van der Waals surface area (Å²) in [6.07, 6.45) is 5.86. The highest BCUT2D eigenvalue weighted by atomic mass is 16.5. The fraction of sp³-hybridized carbons (Fsp3) is 0.400. The predicted molar refractivity (Wildman–Crippen MR) is 126 cm³/mol. The number of carbonyl (C=O) groups is 3. The molecule has 2 aromatic carbocycles. The second-order valence-electron chi connectivity index (χ2n) is 7.92. The molecule has 7 heteroatoms. The van der Waals surface area contributed by atoms with Crippen molar-refractivity contribution in [3.63, 3.8) is 0 Å². The van der Waals surface area contributed by atoms with Crippen LogP contribution >= 0.6 is 0 Å². The number of hydrazine groups is 1. The summed E-state index contributed by atoms with van der Waals surface area (Å²) in [5.74, 6) is -0.402. The van der Waals surface area contributed by atoms with Crippen LogP contribution in [0, 0.1) is 5.92 Å². The van der Waals surface area contributed by atoms with Gasteiger partial charge in [0.2, 0.25) is 5.91 Å². The van der Waals surface area contributed by atoms with Crippen LogP contribution in [0.1, 0.15) is 73.6 Å². The van der Waals surface area contributed by atoms with Gasteiger partial charge in [0.05, 0.1) is 6.61 Å². The van der Waals surface area contributed by atoms with Gasteiger partial charge in [0.25, 0.3) is 11.8 Å². The van der Waals surface area contributed by atoms with E-state index >= 15 is 0 Å². The molecule has 0 saturated carbocycles. The molecule has 0 bridgehead atoms. The van der Waals surface area contributed by atoms with Crippen molar-refractivity contribution in [2.75, 3.05) is 11.9 Å². The molecule has 0 heterocycles. The molecule has 0 aromatic heterocycles. The van der Waals surface area contributed by atoms with Crippen molar-refractivity contribution in [1.29, 1.82) is 0 Å². The minimum Gasteiger partial charge on any atom is -0.494 e. The maximum Gasteiger partial charge on any atom is 0.269 e. The van der Waals surface area contributed by atoms with Gasteiger partial charge in [-0.2, -0.15) is 0 Å². The Kier molecular flexibility index (Phi) is 10.2. The van der Waals surface area contributed by atoms with Crippen LogP contribution in [0.2, 0.25) is 0 Å². The van der Waals surface area contributed by atoms with Gasteiger partial charge in [-0.1, -0.05) is 46.5 Å². The van der Waals surface area contributed by atoms with Gasteiger partial charge in [0.1, 0.15) is 5.75 Å². The minimum absolute atomic E-state index is 0.0992. The third-order valence-corrected chi connectivity index (χ3v) is 4.86. The standard InChI is InChI=1S/C25H33N3O4/c1-4-5-6-7-8-17-32-22-15-11-20(12-16-22)25(31)28-27-24(30)19-9-13-21(14-10-19)26-23(29)18(2)3/h9-16,18H,4-8,17H2,1-3H3,(H,26,29)(H,27,30)(H,28,31). The van der Waals surface area contributed by atoms with Crippen molar-refractivity contribution < 1.29 is 19.1 Å². The summed E-state index contributed by atoms with van der Waals surface area (Å²) in [7, 11) is 0. The monoisotopic (exact) mass is 439 g/mol. The number of amides is 3. The molecule has 0 aliphatic heterocycles. The summed E-state index contributed by atoms with van der Waals surface area (Å²) in [4.78, 5) is 36.3. The summed E-state index contributed by atoms with van der Waals surface area (Å²) in [6.45, 7) is 6.45. The minimum atomic E-state index is -0.455. The summed E-state index contributed by atoms with van der Waals surface area (Å²) in [5.41, 5.74) is 6.16. The molecular weight excluding hydrogens is 406 g/mol. The lowest BCUT2D eigenvalue weighted by Crippen LogP contribution is -2.41. The molecule has 7 nitrogen and oxygen atoms in total. The number of benzene rings is 2. The Labute approximate surface area is 189 Å². The molecule has 2 aromatic rings. The van der Waals surface area contributed by atoms with Crippen LogP contribution in [0.4, 0.5) is 5.69 Å². The van der Waals surface area contributed by atoms with E-state index in [1.54, 1.807) is 62.4 Å². The average Bonchev–Trinajstić information content (AvgIpc) is 2.80. The zero-order valence-corrected chi connectivity index (χ0v) is 19.1. The molecule has 172 valence electrons. The highest BCUT2D eigenvalue weighted by Crippen LogP contribution is 2.14.